The van der Waals surface area contributed by atoms with Gasteiger partial charge in [0, 0.05) is 29.4 Å². The summed E-state index contributed by atoms with van der Waals surface area (Å²) in [5.74, 6) is 4.94. The average Bonchev–Trinajstić information content (AvgIpc) is 2.58. The molecule has 1 aromatic carbocycles. The first kappa shape index (κ1) is 19.8. The topological polar surface area (TPSA) is 33.2 Å². The molecule has 0 radical (unpaired) electrons. The van der Waals surface area contributed by atoms with Crippen molar-refractivity contribution in [2.75, 3.05) is 7.05 Å². The smallest absolute Gasteiger partial charge is 0.326 e. The Kier molecular flexibility index (Phi) is 5.62. The summed E-state index contributed by atoms with van der Waals surface area (Å²) in [5, 5.41) is 0.561. The molecule has 1 heterocycles. The minimum atomic E-state index is -4.56. The normalized spacial score (nSPS) is 11.5. The number of benzene rings is 1. The molecule has 0 atom stereocenters. The second-order valence-corrected chi connectivity index (χ2v) is 6.55. The molecule has 26 heavy (non-hydrogen) atoms. The van der Waals surface area contributed by atoms with Crippen molar-refractivity contribution in [3.63, 3.8) is 0 Å². The van der Waals surface area contributed by atoms with Gasteiger partial charge in [-0.2, -0.15) is 13.2 Å². The van der Waals surface area contributed by atoms with E-state index in [0.717, 1.165) is 20.9 Å². The van der Waals surface area contributed by atoms with Gasteiger partial charge in [-0.1, -0.05) is 29.5 Å². The molecule has 0 spiro atoms. The minimum absolute atomic E-state index is 0.0851. The van der Waals surface area contributed by atoms with E-state index in [9.17, 15) is 18.0 Å². The minimum Gasteiger partial charge on any atom is -0.326 e. The fraction of sp³-hybridized carbons (Fsp3) is 0.263. The third-order valence-electron chi connectivity index (χ3n) is 4.00. The summed E-state index contributed by atoms with van der Waals surface area (Å²) in [6, 6.07) is 9.88. The number of nitrogens with zero attached hydrogens (tertiary/aromatic N) is 2. The van der Waals surface area contributed by atoms with Gasteiger partial charge in [-0.05, 0) is 44.2 Å². The van der Waals surface area contributed by atoms with Gasteiger partial charge in [0.15, 0.2) is 0 Å². The van der Waals surface area contributed by atoms with Crippen LogP contribution in [0.5, 0.6) is 0 Å². The SMILES string of the molecule is CN(C(=O)c1ccc(C#Cc2cccc(Cl)c2)cn1)C(C)(C)C(F)(F)F. The van der Waals surface area contributed by atoms with Gasteiger partial charge >= 0.3 is 6.18 Å². The van der Waals surface area contributed by atoms with E-state index in [1.807, 2.05) is 0 Å². The Morgan fingerprint density at radius 2 is 1.77 bits per heavy atom. The maximum absolute atomic E-state index is 13.1. The Morgan fingerprint density at radius 1 is 1.12 bits per heavy atom. The molecule has 3 nitrogen and oxygen atoms in total. The predicted octanol–water partition coefficient (Wildman–Crippen LogP) is 4.55. The Hall–Kier alpha value is -2.52. The van der Waals surface area contributed by atoms with E-state index >= 15 is 0 Å². The molecule has 0 unspecified atom stereocenters. The molecule has 0 aliphatic carbocycles. The highest BCUT2D eigenvalue weighted by atomic mass is 35.5. The molecule has 1 aromatic heterocycles. The second kappa shape index (κ2) is 7.38. The quantitative estimate of drug-likeness (QED) is 0.716. The average molecular weight is 381 g/mol. The largest absolute Gasteiger partial charge is 0.411 e. The van der Waals surface area contributed by atoms with Crippen molar-refractivity contribution in [1.29, 1.82) is 0 Å². The molecule has 0 N–H and O–H groups in total. The zero-order valence-electron chi connectivity index (χ0n) is 14.4. The van der Waals surface area contributed by atoms with E-state index in [-0.39, 0.29) is 5.69 Å². The van der Waals surface area contributed by atoms with Crippen LogP contribution >= 0.6 is 11.6 Å². The molecule has 2 aromatic rings. The highest BCUT2D eigenvalue weighted by molar-refractivity contribution is 6.30. The van der Waals surface area contributed by atoms with Crippen molar-refractivity contribution in [1.82, 2.24) is 9.88 Å². The Balaban J connectivity index is 2.18. The summed E-state index contributed by atoms with van der Waals surface area (Å²) >= 11 is 5.88. The summed E-state index contributed by atoms with van der Waals surface area (Å²) in [6.07, 6.45) is -3.21. The summed E-state index contributed by atoms with van der Waals surface area (Å²) in [7, 11) is 1.10. The Bertz CT molecular complexity index is 865. The molecule has 0 saturated carbocycles. The molecular formula is C19H16ClF3N2O. The predicted molar refractivity (Wildman–Crippen MR) is 93.9 cm³/mol. The number of amides is 1. The summed E-state index contributed by atoms with van der Waals surface area (Å²) < 4.78 is 39.2. The number of carbonyl (C=O) groups is 1. The highest BCUT2D eigenvalue weighted by Gasteiger charge is 2.51. The van der Waals surface area contributed by atoms with Crippen LogP contribution in [-0.4, -0.2) is 34.6 Å². The van der Waals surface area contributed by atoms with Crippen LogP contribution in [0.4, 0.5) is 13.2 Å². The molecule has 7 heteroatoms. The molecule has 0 aliphatic rings. The number of pyridine rings is 1. The van der Waals surface area contributed by atoms with E-state index < -0.39 is 17.6 Å². The van der Waals surface area contributed by atoms with Crippen molar-refractivity contribution in [2.24, 2.45) is 0 Å². The molecule has 0 fully saturated rings. The molecule has 0 bridgehead atoms. The fourth-order valence-corrected chi connectivity index (χ4v) is 2.11. The third kappa shape index (κ3) is 4.36. The van der Waals surface area contributed by atoms with Gasteiger partial charge in [-0.25, -0.2) is 4.98 Å². The number of hydrogen-bond donors (Lipinski definition) is 0. The summed E-state index contributed by atoms with van der Waals surface area (Å²) in [4.78, 5) is 16.8. The lowest BCUT2D eigenvalue weighted by molar-refractivity contribution is -0.208. The van der Waals surface area contributed by atoms with Crippen LogP contribution in [0.15, 0.2) is 42.6 Å². The first-order chi connectivity index (χ1) is 12.0. The molecule has 0 saturated heterocycles. The van der Waals surface area contributed by atoms with Gasteiger partial charge in [0.25, 0.3) is 5.91 Å². The Morgan fingerprint density at radius 3 is 2.31 bits per heavy atom. The van der Waals surface area contributed by atoms with Gasteiger partial charge in [0.1, 0.15) is 11.2 Å². The molecule has 136 valence electrons. The molecule has 0 aliphatic heterocycles. The van der Waals surface area contributed by atoms with E-state index in [4.69, 9.17) is 11.6 Å². The number of aromatic nitrogens is 1. The van der Waals surface area contributed by atoms with Crippen LogP contribution in [0.2, 0.25) is 5.02 Å². The monoisotopic (exact) mass is 380 g/mol. The van der Waals surface area contributed by atoms with Gasteiger partial charge in [-0.15, -0.1) is 0 Å². The third-order valence-corrected chi connectivity index (χ3v) is 4.23. The van der Waals surface area contributed by atoms with Crippen LogP contribution in [0.25, 0.3) is 0 Å². The van der Waals surface area contributed by atoms with Crippen molar-refractivity contribution in [3.05, 3.63) is 64.4 Å². The van der Waals surface area contributed by atoms with Gasteiger partial charge < -0.3 is 4.90 Å². The number of halogens is 4. The maximum Gasteiger partial charge on any atom is 0.411 e. The van der Waals surface area contributed by atoms with Gasteiger partial charge in [-0.3, -0.25) is 4.79 Å². The van der Waals surface area contributed by atoms with Gasteiger partial charge in [0.05, 0.1) is 0 Å². The van der Waals surface area contributed by atoms with Crippen molar-refractivity contribution >= 4 is 17.5 Å². The standard InChI is InChI=1S/C19H16ClF3N2O/c1-18(2,19(21,22)23)25(3)17(26)16-10-9-14(12-24-16)8-7-13-5-4-6-15(20)11-13/h4-6,9-12H,1-3H3. The molecule has 2 rings (SSSR count). The maximum atomic E-state index is 13.1. The van der Waals surface area contributed by atoms with E-state index in [1.165, 1.54) is 18.3 Å². The lowest BCUT2D eigenvalue weighted by Crippen LogP contribution is -2.55. The van der Waals surface area contributed by atoms with Gasteiger partial charge in [0.2, 0.25) is 0 Å². The number of rotatable bonds is 2. The summed E-state index contributed by atoms with van der Waals surface area (Å²) in [6.45, 7) is 1.88. The highest BCUT2D eigenvalue weighted by Crippen LogP contribution is 2.34. The van der Waals surface area contributed by atoms with Crippen LogP contribution in [0.1, 0.15) is 35.5 Å². The van der Waals surface area contributed by atoms with E-state index in [0.29, 0.717) is 21.0 Å². The van der Waals surface area contributed by atoms with Crippen LogP contribution in [0, 0.1) is 11.8 Å². The molecule has 1 amide bonds. The summed E-state index contributed by atoms with van der Waals surface area (Å²) in [5.41, 5.74) is -1.15. The zero-order valence-corrected chi connectivity index (χ0v) is 15.1. The van der Waals surface area contributed by atoms with Crippen molar-refractivity contribution < 1.29 is 18.0 Å². The number of hydrogen-bond acceptors (Lipinski definition) is 2. The van der Waals surface area contributed by atoms with Crippen molar-refractivity contribution in [3.8, 4) is 11.8 Å². The fourth-order valence-electron chi connectivity index (χ4n) is 1.92. The number of carbonyl (C=O) groups excluding carboxylic acids is 1. The first-order valence-electron chi connectivity index (χ1n) is 7.61. The van der Waals surface area contributed by atoms with Crippen molar-refractivity contribution in [2.45, 2.75) is 25.6 Å². The zero-order chi connectivity index (χ0) is 19.5. The van der Waals surface area contributed by atoms with Crippen LogP contribution in [-0.2, 0) is 0 Å². The lowest BCUT2D eigenvalue weighted by Gasteiger charge is -2.36. The van der Waals surface area contributed by atoms with E-state index in [1.54, 1.807) is 24.3 Å². The van der Waals surface area contributed by atoms with Crippen LogP contribution < -0.4 is 0 Å². The first-order valence-corrected chi connectivity index (χ1v) is 7.98. The molecular weight excluding hydrogens is 365 g/mol. The Labute approximate surface area is 154 Å². The van der Waals surface area contributed by atoms with E-state index in [2.05, 4.69) is 16.8 Å². The van der Waals surface area contributed by atoms with Crippen LogP contribution in [0.3, 0.4) is 0 Å². The second-order valence-electron chi connectivity index (χ2n) is 6.11. The lowest BCUT2D eigenvalue weighted by atomic mass is 10.0. The number of alkyl halides is 3.